The molecule has 1 heterocycles. The molecule has 0 aromatic heterocycles. The minimum Gasteiger partial charge on any atom is -0.356 e. The predicted molar refractivity (Wildman–Crippen MR) is 58.2 cm³/mol. The molecule has 3 nitrogen and oxygen atoms in total. The Hall–Kier alpha value is -1.58. The summed E-state index contributed by atoms with van der Waals surface area (Å²) in [6, 6.07) is 6.47. The SMILES string of the molecule is Fc1ccc(CNC2=NCCCN2)cc1. The van der Waals surface area contributed by atoms with Gasteiger partial charge < -0.3 is 10.6 Å². The Kier molecular flexibility index (Phi) is 3.17. The molecule has 2 rings (SSSR count). The van der Waals surface area contributed by atoms with Gasteiger partial charge in [-0.3, -0.25) is 4.99 Å². The van der Waals surface area contributed by atoms with Crippen LogP contribution in [0, 0.1) is 5.82 Å². The van der Waals surface area contributed by atoms with E-state index in [1.54, 1.807) is 12.1 Å². The van der Waals surface area contributed by atoms with Crippen LogP contribution in [0.3, 0.4) is 0 Å². The smallest absolute Gasteiger partial charge is 0.191 e. The highest BCUT2D eigenvalue weighted by Gasteiger charge is 2.02. The summed E-state index contributed by atoms with van der Waals surface area (Å²) in [6.07, 6.45) is 1.09. The first-order valence-electron chi connectivity index (χ1n) is 5.11. The van der Waals surface area contributed by atoms with Crippen LogP contribution in [0.25, 0.3) is 0 Å². The van der Waals surface area contributed by atoms with Gasteiger partial charge in [0.1, 0.15) is 5.82 Å². The van der Waals surface area contributed by atoms with Gasteiger partial charge in [0.15, 0.2) is 5.96 Å². The second-order valence-corrected chi connectivity index (χ2v) is 3.49. The highest BCUT2D eigenvalue weighted by Crippen LogP contribution is 2.02. The summed E-state index contributed by atoms with van der Waals surface area (Å²) < 4.78 is 12.6. The van der Waals surface area contributed by atoms with Gasteiger partial charge >= 0.3 is 0 Å². The van der Waals surface area contributed by atoms with E-state index in [1.807, 2.05) is 0 Å². The maximum absolute atomic E-state index is 12.6. The highest BCUT2D eigenvalue weighted by atomic mass is 19.1. The van der Waals surface area contributed by atoms with Crippen molar-refractivity contribution in [1.82, 2.24) is 10.6 Å². The van der Waals surface area contributed by atoms with Crippen LogP contribution in [0.2, 0.25) is 0 Å². The summed E-state index contributed by atoms with van der Waals surface area (Å²) in [6.45, 7) is 2.51. The lowest BCUT2D eigenvalue weighted by molar-refractivity contribution is 0.626. The van der Waals surface area contributed by atoms with E-state index in [9.17, 15) is 4.39 Å². The zero-order chi connectivity index (χ0) is 10.5. The topological polar surface area (TPSA) is 36.4 Å². The van der Waals surface area contributed by atoms with Gasteiger partial charge in [-0.2, -0.15) is 0 Å². The molecule has 0 bridgehead atoms. The first-order valence-corrected chi connectivity index (χ1v) is 5.11. The standard InChI is InChI=1S/C11H14FN3/c12-10-4-2-9(3-5-10)8-15-11-13-6-1-7-14-11/h2-5H,1,6-8H2,(H2,13,14,15). The van der Waals surface area contributed by atoms with Crippen LogP contribution in [-0.4, -0.2) is 19.0 Å². The third kappa shape index (κ3) is 2.94. The van der Waals surface area contributed by atoms with Crippen molar-refractivity contribution >= 4 is 5.96 Å². The van der Waals surface area contributed by atoms with Crippen molar-refractivity contribution in [3.63, 3.8) is 0 Å². The quantitative estimate of drug-likeness (QED) is 0.766. The van der Waals surface area contributed by atoms with Crippen LogP contribution in [-0.2, 0) is 6.54 Å². The van der Waals surface area contributed by atoms with Crippen molar-refractivity contribution in [3.8, 4) is 0 Å². The Bertz CT molecular complexity index is 345. The van der Waals surface area contributed by atoms with Crippen LogP contribution in [0.15, 0.2) is 29.3 Å². The van der Waals surface area contributed by atoms with E-state index in [4.69, 9.17) is 0 Å². The third-order valence-corrected chi connectivity index (χ3v) is 2.27. The van der Waals surface area contributed by atoms with Crippen molar-refractivity contribution in [3.05, 3.63) is 35.6 Å². The zero-order valence-electron chi connectivity index (χ0n) is 8.46. The Labute approximate surface area is 88.4 Å². The third-order valence-electron chi connectivity index (χ3n) is 2.27. The number of hydrogen-bond donors (Lipinski definition) is 2. The lowest BCUT2D eigenvalue weighted by atomic mass is 10.2. The number of nitrogens with one attached hydrogen (secondary N) is 2. The number of nitrogens with zero attached hydrogens (tertiary/aromatic N) is 1. The first kappa shape index (κ1) is 9.96. The van der Waals surface area contributed by atoms with Gasteiger partial charge in [0.2, 0.25) is 0 Å². The molecule has 0 unspecified atom stereocenters. The molecular weight excluding hydrogens is 193 g/mol. The fraction of sp³-hybridized carbons (Fsp3) is 0.364. The minimum absolute atomic E-state index is 0.202. The lowest BCUT2D eigenvalue weighted by Gasteiger charge is -2.15. The summed E-state index contributed by atoms with van der Waals surface area (Å²) in [5.74, 6) is 0.637. The maximum Gasteiger partial charge on any atom is 0.191 e. The summed E-state index contributed by atoms with van der Waals surface area (Å²) >= 11 is 0. The molecule has 0 saturated carbocycles. The normalized spacial score (nSPS) is 15.4. The largest absolute Gasteiger partial charge is 0.356 e. The number of rotatable bonds is 2. The second kappa shape index (κ2) is 4.77. The van der Waals surface area contributed by atoms with Gasteiger partial charge in [-0.15, -0.1) is 0 Å². The Balaban J connectivity index is 1.87. The van der Waals surface area contributed by atoms with E-state index in [1.165, 1.54) is 12.1 Å². The molecule has 0 atom stereocenters. The minimum atomic E-state index is -0.202. The second-order valence-electron chi connectivity index (χ2n) is 3.49. The number of aliphatic imine (C=N–C) groups is 1. The monoisotopic (exact) mass is 207 g/mol. The number of guanidine groups is 1. The van der Waals surface area contributed by atoms with Gasteiger partial charge in [-0.1, -0.05) is 12.1 Å². The zero-order valence-corrected chi connectivity index (χ0v) is 8.46. The molecule has 0 fully saturated rings. The van der Waals surface area contributed by atoms with Crippen LogP contribution in [0.5, 0.6) is 0 Å². The molecular formula is C11H14FN3. The fourth-order valence-corrected chi connectivity index (χ4v) is 1.44. The van der Waals surface area contributed by atoms with Crippen molar-refractivity contribution < 1.29 is 4.39 Å². The molecule has 1 aliphatic heterocycles. The number of halogens is 1. The molecule has 80 valence electrons. The molecule has 15 heavy (non-hydrogen) atoms. The van der Waals surface area contributed by atoms with Crippen LogP contribution in [0.4, 0.5) is 4.39 Å². The van der Waals surface area contributed by atoms with Gasteiger partial charge in [0.25, 0.3) is 0 Å². The van der Waals surface area contributed by atoms with E-state index < -0.39 is 0 Å². The molecule has 1 aromatic rings. The summed E-state index contributed by atoms with van der Waals surface area (Å²) in [5, 5.41) is 6.34. The fourth-order valence-electron chi connectivity index (χ4n) is 1.44. The van der Waals surface area contributed by atoms with E-state index in [-0.39, 0.29) is 5.82 Å². The molecule has 0 saturated heterocycles. The average Bonchev–Trinajstić information content (AvgIpc) is 2.30. The van der Waals surface area contributed by atoms with E-state index >= 15 is 0 Å². The van der Waals surface area contributed by atoms with Crippen molar-refractivity contribution in [2.45, 2.75) is 13.0 Å². The van der Waals surface area contributed by atoms with E-state index in [2.05, 4.69) is 15.6 Å². The number of hydrogen-bond acceptors (Lipinski definition) is 3. The number of benzene rings is 1. The molecule has 1 aromatic carbocycles. The summed E-state index contributed by atoms with van der Waals surface area (Å²) in [7, 11) is 0. The molecule has 0 aliphatic carbocycles. The van der Waals surface area contributed by atoms with Gasteiger partial charge in [-0.05, 0) is 24.1 Å². The Morgan fingerprint density at radius 1 is 1.33 bits per heavy atom. The van der Waals surface area contributed by atoms with Crippen molar-refractivity contribution in [1.29, 1.82) is 0 Å². The highest BCUT2D eigenvalue weighted by molar-refractivity contribution is 5.80. The van der Waals surface area contributed by atoms with Gasteiger partial charge in [-0.25, -0.2) is 4.39 Å². The maximum atomic E-state index is 12.6. The molecule has 0 radical (unpaired) electrons. The Morgan fingerprint density at radius 2 is 2.13 bits per heavy atom. The summed E-state index contributed by atoms with van der Waals surface area (Å²) in [4.78, 5) is 4.28. The molecule has 2 N–H and O–H groups in total. The van der Waals surface area contributed by atoms with Crippen molar-refractivity contribution in [2.75, 3.05) is 13.1 Å². The molecule has 0 spiro atoms. The summed E-state index contributed by atoms with van der Waals surface area (Å²) in [5.41, 5.74) is 1.05. The van der Waals surface area contributed by atoms with Crippen LogP contribution in [0.1, 0.15) is 12.0 Å². The molecule has 4 heteroatoms. The first-order chi connectivity index (χ1) is 7.34. The average molecular weight is 207 g/mol. The lowest BCUT2D eigenvalue weighted by Crippen LogP contribution is -2.40. The van der Waals surface area contributed by atoms with Gasteiger partial charge in [0.05, 0.1) is 0 Å². The predicted octanol–water partition coefficient (Wildman–Crippen LogP) is 1.26. The Morgan fingerprint density at radius 3 is 2.80 bits per heavy atom. The van der Waals surface area contributed by atoms with Gasteiger partial charge in [0, 0.05) is 19.6 Å². The van der Waals surface area contributed by atoms with Crippen molar-refractivity contribution in [2.24, 2.45) is 4.99 Å². The molecule has 1 aliphatic rings. The van der Waals surface area contributed by atoms with Crippen LogP contribution < -0.4 is 10.6 Å². The van der Waals surface area contributed by atoms with E-state index in [0.717, 1.165) is 31.0 Å². The van der Waals surface area contributed by atoms with Crippen LogP contribution >= 0.6 is 0 Å². The van der Waals surface area contributed by atoms with E-state index in [0.29, 0.717) is 6.54 Å². The molecule has 0 amide bonds.